The maximum atomic E-state index is 12.0. The van der Waals surface area contributed by atoms with Crippen molar-refractivity contribution in [3.8, 4) is 0 Å². The third-order valence-electron chi connectivity index (χ3n) is 4.29. The summed E-state index contributed by atoms with van der Waals surface area (Å²) < 4.78 is 5.05. The van der Waals surface area contributed by atoms with Gasteiger partial charge < -0.3 is 4.74 Å². The molecule has 0 unspecified atom stereocenters. The number of hydrogen-bond acceptors (Lipinski definition) is 2. The van der Waals surface area contributed by atoms with E-state index in [4.69, 9.17) is 4.74 Å². The fourth-order valence-corrected chi connectivity index (χ4v) is 3.56. The molecule has 0 saturated heterocycles. The van der Waals surface area contributed by atoms with Crippen LogP contribution in [0, 0.1) is 17.8 Å². The van der Waals surface area contributed by atoms with Gasteiger partial charge in [-0.05, 0) is 37.5 Å². The van der Waals surface area contributed by atoms with Crippen LogP contribution in [0.3, 0.4) is 0 Å². The Labute approximate surface area is 98.1 Å². The smallest absolute Gasteiger partial charge is 0.314 e. The van der Waals surface area contributed by atoms with Crippen LogP contribution in [0.4, 0.5) is 0 Å². The molecule has 16 heavy (non-hydrogen) atoms. The van der Waals surface area contributed by atoms with Gasteiger partial charge in [-0.25, -0.2) is 0 Å². The van der Waals surface area contributed by atoms with Crippen LogP contribution in [-0.4, -0.2) is 5.97 Å². The van der Waals surface area contributed by atoms with Gasteiger partial charge in [-0.2, -0.15) is 0 Å². The van der Waals surface area contributed by atoms with Gasteiger partial charge in [-0.15, -0.1) is 0 Å². The first-order chi connectivity index (χ1) is 7.83. The fraction of sp³-hybridized carbons (Fsp3) is 0.786. The molecule has 2 fully saturated rings. The molecule has 0 aliphatic heterocycles. The molecule has 2 saturated carbocycles. The Morgan fingerprint density at radius 3 is 1.88 bits per heavy atom. The number of carbonyl (C=O) groups excluding carboxylic acids is 1. The lowest BCUT2D eigenvalue weighted by Crippen LogP contribution is -2.29. The maximum Gasteiger partial charge on any atom is 0.314 e. The minimum atomic E-state index is -0.0196. The van der Waals surface area contributed by atoms with Gasteiger partial charge in [-0.3, -0.25) is 4.79 Å². The summed E-state index contributed by atoms with van der Waals surface area (Å²) in [5, 5.41) is 0. The molecular formula is C14H22O2. The normalized spacial score (nSPS) is 22.8. The van der Waals surface area contributed by atoms with Crippen LogP contribution < -0.4 is 0 Å². The minimum absolute atomic E-state index is 0.0196. The molecule has 2 aliphatic carbocycles. The van der Waals surface area contributed by atoms with Gasteiger partial charge in [0.2, 0.25) is 0 Å². The molecule has 0 N–H and O–H groups in total. The standard InChI is InChI=1S/C14H22O2/c1-2-16-14(15)13(11-7-3-4-8-11)12-9-5-6-10-12/h2,11-13H,1,3-10H2. The molecule has 2 nitrogen and oxygen atoms in total. The van der Waals surface area contributed by atoms with Gasteiger partial charge in [0.1, 0.15) is 0 Å². The first-order valence-corrected chi connectivity index (χ1v) is 6.64. The van der Waals surface area contributed by atoms with Crippen molar-refractivity contribution >= 4 is 5.97 Å². The van der Waals surface area contributed by atoms with E-state index in [0.29, 0.717) is 11.8 Å². The SMILES string of the molecule is C=COC(=O)C(C1CCCC1)C1CCCC1. The van der Waals surface area contributed by atoms with Crippen LogP contribution in [0.15, 0.2) is 12.8 Å². The predicted octanol–water partition coefficient (Wildman–Crippen LogP) is 3.67. The largest absolute Gasteiger partial charge is 0.435 e. The van der Waals surface area contributed by atoms with E-state index < -0.39 is 0 Å². The van der Waals surface area contributed by atoms with Gasteiger partial charge in [0, 0.05) is 0 Å². The van der Waals surface area contributed by atoms with Crippen LogP contribution in [0.25, 0.3) is 0 Å². The number of carbonyl (C=O) groups is 1. The topological polar surface area (TPSA) is 26.3 Å². The Balaban J connectivity index is 2.04. The average molecular weight is 222 g/mol. The lowest BCUT2D eigenvalue weighted by atomic mass is 9.79. The number of hydrogen-bond donors (Lipinski definition) is 0. The summed E-state index contributed by atoms with van der Waals surface area (Å²) in [6, 6.07) is 0. The van der Waals surface area contributed by atoms with Crippen LogP contribution in [-0.2, 0) is 9.53 Å². The molecule has 90 valence electrons. The summed E-state index contributed by atoms with van der Waals surface area (Å²) in [4.78, 5) is 12.0. The van der Waals surface area contributed by atoms with Gasteiger partial charge in [-0.1, -0.05) is 32.3 Å². The van der Waals surface area contributed by atoms with E-state index in [1.54, 1.807) is 0 Å². The molecule has 0 bridgehead atoms. The van der Waals surface area contributed by atoms with Crippen LogP contribution >= 0.6 is 0 Å². The van der Waals surface area contributed by atoms with Crippen molar-refractivity contribution in [2.75, 3.05) is 0 Å². The Morgan fingerprint density at radius 1 is 1.06 bits per heavy atom. The average Bonchev–Trinajstić information content (AvgIpc) is 2.91. The highest BCUT2D eigenvalue weighted by molar-refractivity contribution is 5.73. The van der Waals surface area contributed by atoms with E-state index in [0.717, 1.165) is 0 Å². The van der Waals surface area contributed by atoms with Crippen molar-refractivity contribution in [2.45, 2.75) is 51.4 Å². The molecule has 0 spiro atoms. The molecule has 0 atom stereocenters. The lowest BCUT2D eigenvalue weighted by Gasteiger charge is -2.26. The number of esters is 1. The van der Waals surface area contributed by atoms with Crippen molar-refractivity contribution in [1.82, 2.24) is 0 Å². The maximum absolute atomic E-state index is 12.0. The van der Waals surface area contributed by atoms with E-state index in [-0.39, 0.29) is 11.9 Å². The van der Waals surface area contributed by atoms with Gasteiger partial charge in [0.15, 0.2) is 0 Å². The predicted molar refractivity (Wildman–Crippen MR) is 63.7 cm³/mol. The quantitative estimate of drug-likeness (QED) is 0.536. The zero-order valence-electron chi connectivity index (χ0n) is 9.99. The molecular weight excluding hydrogens is 200 g/mol. The van der Waals surface area contributed by atoms with Gasteiger partial charge in [0.05, 0.1) is 12.2 Å². The molecule has 0 heterocycles. The Bertz CT molecular complexity index is 231. The lowest BCUT2D eigenvalue weighted by molar-refractivity contribution is -0.147. The second-order valence-corrected chi connectivity index (χ2v) is 5.22. The van der Waals surface area contributed by atoms with E-state index in [1.807, 2.05) is 0 Å². The fourth-order valence-electron chi connectivity index (χ4n) is 3.56. The van der Waals surface area contributed by atoms with Gasteiger partial charge in [0.25, 0.3) is 0 Å². The molecule has 0 amide bonds. The third-order valence-corrected chi connectivity index (χ3v) is 4.29. The van der Waals surface area contributed by atoms with Crippen molar-refractivity contribution in [2.24, 2.45) is 17.8 Å². The Kier molecular flexibility index (Phi) is 4.03. The molecule has 0 aromatic rings. The molecule has 2 heteroatoms. The van der Waals surface area contributed by atoms with Crippen molar-refractivity contribution in [3.63, 3.8) is 0 Å². The summed E-state index contributed by atoms with van der Waals surface area (Å²) in [6.07, 6.45) is 11.3. The second kappa shape index (κ2) is 5.51. The van der Waals surface area contributed by atoms with Crippen LogP contribution in [0.2, 0.25) is 0 Å². The first kappa shape index (κ1) is 11.7. The summed E-state index contributed by atoms with van der Waals surface area (Å²) in [6.45, 7) is 3.49. The summed E-state index contributed by atoms with van der Waals surface area (Å²) in [7, 11) is 0. The summed E-state index contributed by atoms with van der Waals surface area (Å²) in [5.41, 5.74) is 0. The molecule has 0 aromatic carbocycles. The second-order valence-electron chi connectivity index (χ2n) is 5.22. The van der Waals surface area contributed by atoms with E-state index >= 15 is 0 Å². The monoisotopic (exact) mass is 222 g/mol. The molecule has 0 aromatic heterocycles. The molecule has 2 rings (SSSR count). The number of ether oxygens (including phenoxy) is 1. The summed E-state index contributed by atoms with van der Waals surface area (Å²) in [5.74, 6) is 1.29. The van der Waals surface area contributed by atoms with Crippen LogP contribution in [0.5, 0.6) is 0 Å². The summed E-state index contributed by atoms with van der Waals surface area (Å²) >= 11 is 0. The highest BCUT2D eigenvalue weighted by Crippen LogP contribution is 2.42. The zero-order valence-corrected chi connectivity index (χ0v) is 9.99. The highest BCUT2D eigenvalue weighted by atomic mass is 16.5. The molecule has 2 aliphatic rings. The minimum Gasteiger partial charge on any atom is -0.435 e. The van der Waals surface area contributed by atoms with E-state index in [9.17, 15) is 4.79 Å². The van der Waals surface area contributed by atoms with Gasteiger partial charge >= 0.3 is 5.97 Å². The Hall–Kier alpha value is -0.790. The van der Waals surface area contributed by atoms with Crippen molar-refractivity contribution < 1.29 is 9.53 Å². The third kappa shape index (κ3) is 2.47. The zero-order chi connectivity index (χ0) is 11.4. The molecule has 0 radical (unpaired) electrons. The van der Waals surface area contributed by atoms with Crippen LogP contribution in [0.1, 0.15) is 51.4 Å². The van der Waals surface area contributed by atoms with E-state index in [2.05, 4.69) is 6.58 Å². The number of rotatable bonds is 4. The first-order valence-electron chi connectivity index (χ1n) is 6.64. The van der Waals surface area contributed by atoms with E-state index in [1.165, 1.54) is 57.6 Å². The highest BCUT2D eigenvalue weighted by Gasteiger charge is 2.38. The van der Waals surface area contributed by atoms with Crippen molar-refractivity contribution in [1.29, 1.82) is 0 Å². The van der Waals surface area contributed by atoms with Crippen molar-refractivity contribution in [3.05, 3.63) is 12.8 Å². The Morgan fingerprint density at radius 2 is 1.50 bits per heavy atom.